The lowest BCUT2D eigenvalue weighted by Crippen LogP contribution is -2.13. The Labute approximate surface area is 108 Å². The summed E-state index contributed by atoms with van der Waals surface area (Å²) in [5.74, 6) is 3.17. The van der Waals surface area contributed by atoms with E-state index < -0.39 is 0 Å². The van der Waals surface area contributed by atoms with Crippen molar-refractivity contribution < 1.29 is 5.11 Å². The van der Waals surface area contributed by atoms with Crippen molar-refractivity contribution in [2.75, 3.05) is 24.2 Å². The minimum Gasteiger partial charge on any atom is -0.393 e. The predicted octanol–water partition coefficient (Wildman–Crippen LogP) is 1.97. The molecule has 5 heteroatoms. The van der Waals surface area contributed by atoms with Crippen LogP contribution in [0.2, 0.25) is 0 Å². The third-order valence-corrected chi connectivity index (χ3v) is 3.20. The monoisotopic (exact) mass is 250 g/mol. The first-order valence-electron chi connectivity index (χ1n) is 6.71. The number of nitrogens with one attached hydrogen (secondary N) is 2. The number of hydrogen-bond acceptors (Lipinski definition) is 5. The highest BCUT2D eigenvalue weighted by Crippen LogP contribution is 2.38. The Morgan fingerprint density at radius 2 is 2.11 bits per heavy atom. The molecule has 1 fully saturated rings. The lowest BCUT2D eigenvalue weighted by Gasteiger charge is -2.11. The van der Waals surface area contributed by atoms with Gasteiger partial charge >= 0.3 is 0 Å². The number of nitrogens with zero attached hydrogens (tertiary/aromatic N) is 2. The molecule has 1 aromatic rings. The second-order valence-corrected chi connectivity index (χ2v) is 4.80. The van der Waals surface area contributed by atoms with E-state index in [9.17, 15) is 5.11 Å². The van der Waals surface area contributed by atoms with Gasteiger partial charge in [-0.15, -0.1) is 0 Å². The molecular weight excluding hydrogens is 228 g/mol. The predicted molar refractivity (Wildman–Crippen MR) is 73.0 cm³/mol. The van der Waals surface area contributed by atoms with E-state index in [1.165, 1.54) is 12.8 Å². The summed E-state index contributed by atoms with van der Waals surface area (Å²) in [7, 11) is 1.86. The Balaban J connectivity index is 1.96. The molecule has 18 heavy (non-hydrogen) atoms. The average molecular weight is 250 g/mol. The van der Waals surface area contributed by atoms with Gasteiger partial charge < -0.3 is 15.7 Å². The molecule has 5 nitrogen and oxygen atoms in total. The van der Waals surface area contributed by atoms with Crippen molar-refractivity contribution in [2.45, 2.75) is 44.6 Å². The van der Waals surface area contributed by atoms with Crippen LogP contribution in [-0.2, 0) is 0 Å². The third kappa shape index (κ3) is 3.57. The van der Waals surface area contributed by atoms with E-state index in [1.807, 2.05) is 20.0 Å². The maximum absolute atomic E-state index is 9.50. The van der Waals surface area contributed by atoms with Crippen LogP contribution < -0.4 is 10.6 Å². The zero-order valence-corrected chi connectivity index (χ0v) is 11.1. The molecule has 1 aliphatic rings. The number of anilines is 2. The molecule has 0 bridgehead atoms. The molecule has 1 atom stereocenters. The van der Waals surface area contributed by atoms with E-state index in [-0.39, 0.29) is 6.10 Å². The topological polar surface area (TPSA) is 70.1 Å². The van der Waals surface area contributed by atoms with Gasteiger partial charge in [-0.05, 0) is 25.7 Å². The lowest BCUT2D eigenvalue weighted by molar-refractivity contribution is 0.164. The van der Waals surface area contributed by atoms with Gasteiger partial charge in [-0.25, -0.2) is 9.97 Å². The van der Waals surface area contributed by atoms with E-state index >= 15 is 0 Å². The zero-order chi connectivity index (χ0) is 13.0. The summed E-state index contributed by atoms with van der Waals surface area (Å²) in [6, 6.07) is 1.91. The molecule has 0 aromatic carbocycles. The summed E-state index contributed by atoms with van der Waals surface area (Å²) in [4.78, 5) is 8.98. The van der Waals surface area contributed by atoms with Gasteiger partial charge in [0.15, 0.2) is 0 Å². The van der Waals surface area contributed by atoms with Crippen molar-refractivity contribution in [3.05, 3.63) is 11.9 Å². The molecule has 2 rings (SSSR count). The van der Waals surface area contributed by atoms with Crippen LogP contribution in [0, 0.1) is 0 Å². The molecule has 100 valence electrons. The van der Waals surface area contributed by atoms with Gasteiger partial charge in [-0.2, -0.15) is 0 Å². The summed E-state index contributed by atoms with van der Waals surface area (Å²) < 4.78 is 0. The van der Waals surface area contributed by atoms with Crippen LogP contribution in [0.15, 0.2) is 6.07 Å². The highest BCUT2D eigenvalue weighted by Gasteiger charge is 2.27. The summed E-state index contributed by atoms with van der Waals surface area (Å²) in [6.07, 6.45) is 3.70. The number of aliphatic hydroxyl groups excluding tert-OH is 1. The van der Waals surface area contributed by atoms with Crippen molar-refractivity contribution in [3.8, 4) is 0 Å². The van der Waals surface area contributed by atoms with Gasteiger partial charge in [0.05, 0.1) is 6.10 Å². The van der Waals surface area contributed by atoms with Crippen LogP contribution in [0.3, 0.4) is 0 Å². The number of rotatable bonds is 7. The smallest absolute Gasteiger partial charge is 0.136 e. The summed E-state index contributed by atoms with van der Waals surface area (Å²) in [5, 5.41) is 15.8. The summed E-state index contributed by atoms with van der Waals surface area (Å²) in [5.41, 5.74) is 0. The molecule has 1 heterocycles. The Kier molecular flexibility index (Phi) is 4.36. The number of aliphatic hydroxyl groups is 1. The molecule has 1 aromatic heterocycles. The Bertz CT molecular complexity index is 393. The van der Waals surface area contributed by atoms with E-state index in [2.05, 4.69) is 20.6 Å². The van der Waals surface area contributed by atoms with E-state index in [0.717, 1.165) is 36.8 Å². The van der Waals surface area contributed by atoms with Crippen molar-refractivity contribution in [3.63, 3.8) is 0 Å². The highest BCUT2D eigenvalue weighted by molar-refractivity contribution is 5.47. The number of aromatic nitrogens is 2. The van der Waals surface area contributed by atoms with E-state index in [4.69, 9.17) is 0 Å². The third-order valence-electron chi connectivity index (χ3n) is 3.20. The van der Waals surface area contributed by atoms with Crippen molar-refractivity contribution in [1.82, 2.24) is 9.97 Å². The first-order chi connectivity index (χ1) is 8.72. The Hall–Kier alpha value is -1.36. The molecule has 0 aliphatic heterocycles. The second-order valence-electron chi connectivity index (χ2n) is 4.80. The second kappa shape index (κ2) is 6.00. The molecule has 0 saturated heterocycles. The van der Waals surface area contributed by atoms with Gasteiger partial charge in [0.25, 0.3) is 0 Å². The summed E-state index contributed by atoms with van der Waals surface area (Å²) >= 11 is 0. The summed E-state index contributed by atoms with van der Waals surface area (Å²) in [6.45, 7) is 2.72. The average Bonchev–Trinajstić information content (AvgIpc) is 3.22. The van der Waals surface area contributed by atoms with Crippen LogP contribution in [-0.4, -0.2) is 34.8 Å². The fourth-order valence-electron chi connectivity index (χ4n) is 1.78. The first kappa shape index (κ1) is 13.1. The quantitative estimate of drug-likeness (QED) is 0.690. The normalized spacial score (nSPS) is 16.4. The molecule has 0 radical (unpaired) electrons. The maximum Gasteiger partial charge on any atom is 0.136 e. The Morgan fingerprint density at radius 3 is 2.72 bits per heavy atom. The van der Waals surface area contributed by atoms with Crippen molar-refractivity contribution >= 4 is 11.6 Å². The fraction of sp³-hybridized carbons (Fsp3) is 0.692. The molecule has 1 aliphatic carbocycles. The number of hydrogen-bond donors (Lipinski definition) is 3. The van der Waals surface area contributed by atoms with Crippen molar-refractivity contribution in [2.24, 2.45) is 0 Å². The molecule has 0 spiro atoms. The van der Waals surface area contributed by atoms with Gasteiger partial charge in [0.2, 0.25) is 0 Å². The van der Waals surface area contributed by atoms with Crippen molar-refractivity contribution in [1.29, 1.82) is 0 Å². The van der Waals surface area contributed by atoms with E-state index in [0.29, 0.717) is 5.92 Å². The molecule has 0 amide bonds. The van der Waals surface area contributed by atoms with E-state index in [1.54, 1.807) is 0 Å². The lowest BCUT2D eigenvalue weighted by atomic mass is 10.2. The van der Waals surface area contributed by atoms with Crippen LogP contribution in [0.1, 0.15) is 44.3 Å². The largest absolute Gasteiger partial charge is 0.393 e. The minimum atomic E-state index is -0.231. The Morgan fingerprint density at radius 1 is 1.39 bits per heavy atom. The van der Waals surface area contributed by atoms with Crippen LogP contribution in [0.5, 0.6) is 0 Å². The standard InChI is InChI=1S/C13H22N4O/c1-3-10(18)6-7-15-12-8-11(14-2)16-13(17-12)9-4-5-9/h8-10,18H,3-7H2,1-2H3,(H2,14,15,16,17). The first-order valence-corrected chi connectivity index (χ1v) is 6.71. The van der Waals surface area contributed by atoms with Crippen LogP contribution >= 0.6 is 0 Å². The zero-order valence-electron chi connectivity index (χ0n) is 11.1. The molecule has 3 N–H and O–H groups in total. The highest BCUT2D eigenvalue weighted by atomic mass is 16.3. The van der Waals surface area contributed by atoms with Gasteiger partial charge in [0.1, 0.15) is 17.5 Å². The van der Waals surface area contributed by atoms with Crippen LogP contribution in [0.25, 0.3) is 0 Å². The van der Waals surface area contributed by atoms with Gasteiger partial charge in [0, 0.05) is 25.6 Å². The molecule has 1 saturated carbocycles. The SMILES string of the molecule is CCC(O)CCNc1cc(NC)nc(C2CC2)n1. The minimum absolute atomic E-state index is 0.231. The molecule has 1 unspecified atom stereocenters. The van der Waals surface area contributed by atoms with Gasteiger partial charge in [-0.3, -0.25) is 0 Å². The van der Waals surface area contributed by atoms with Crippen LogP contribution in [0.4, 0.5) is 11.6 Å². The maximum atomic E-state index is 9.50. The fourth-order valence-corrected chi connectivity index (χ4v) is 1.78. The molecular formula is C13H22N4O. The van der Waals surface area contributed by atoms with Gasteiger partial charge in [-0.1, -0.05) is 6.92 Å².